The highest BCUT2D eigenvalue weighted by Gasteiger charge is 2.21. The number of aliphatic carboxylic acids is 1. The lowest BCUT2D eigenvalue weighted by Gasteiger charge is -2.11. The van der Waals surface area contributed by atoms with E-state index in [-0.39, 0.29) is 5.52 Å². The SMILES string of the molecule is CCc1nn2c(nnc3c(=O)n([C@H](C)C(=O)O)ccc32)c1-c1ccc(Cl)cc1. The molecule has 8 nitrogen and oxygen atoms in total. The van der Waals surface area contributed by atoms with E-state index in [0.29, 0.717) is 22.6 Å². The fourth-order valence-corrected chi connectivity index (χ4v) is 3.31. The quantitative estimate of drug-likeness (QED) is 0.568. The van der Waals surface area contributed by atoms with Gasteiger partial charge in [0.05, 0.1) is 11.3 Å². The molecule has 0 aliphatic rings. The minimum Gasteiger partial charge on any atom is -0.480 e. The van der Waals surface area contributed by atoms with E-state index >= 15 is 0 Å². The molecule has 28 heavy (non-hydrogen) atoms. The van der Waals surface area contributed by atoms with Crippen LogP contribution in [0.15, 0.2) is 41.3 Å². The summed E-state index contributed by atoms with van der Waals surface area (Å²) in [6.45, 7) is 3.42. The number of pyridine rings is 1. The highest BCUT2D eigenvalue weighted by molar-refractivity contribution is 6.30. The van der Waals surface area contributed by atoms with Gasteiger partial charge in [0.25, 0.3) is 5.56 Å². The van der Waals surface area contributed by atoms with Crippen LogP contribution in [0.1, 0.15) is 25.6 Å². The number of halogens is 1. The molecule has 0 saturated heterocycles. The number of aryl methyl sites for hydroxylation is 1. The largest absolute Gasteiger partial charge is 0.480 e. The molecule has 4 aromatic rings. The molecule has 3 heterocycles. The molecule has 1 atom stereocenters. The Morgan fingerprint density at radius 1 is 1.21 bits per heavy atom. The molecule has 0 spiro atoms. The lowest BCUT2D eigenvalue weighted by atomic mass is 10.0. The van der Waals surface area contributed by atoms with Gasteiger partial charge < -0.3 is 5.11 Å². The summed E-state index contributed by atoms with van der Waals surface area (Å²) in [6, 6.07) is 7.98. The first-order valence-corrected chi connectivity index (χ1v) is 9.08. The van der Waals surface area contributed by atoms with Crippen molar-refractivity contribution in [3.63, 3.8) is 0 Å². The smallest absolute Gasteiger partial charge is 0.326 e. The van der Waals surface area contributed by atoms with Crippen LogP contribution in [-0.4, -0.2) is 35.5 Å². The molecule has 0 bridgehead atoms. The van der Waals surface area contributed by atoms with Gasteiger partial charge in [0.15, 0.2) is 11.2 Å². The standard InChI is InChI=1S/C19H16ClN5O3/c1-3-13-15(11-4-6-12(20)7-5-11)17-22-21-16-14(25(17)23-13)8-9-24(18(16)26)10(2)19(27)28/h4-10H,3H2,1-2H3,(H,27,28)/t10-/m1/s1. The Kier molecular flexibility index (Phi) is 4.35. The topological polar surface area (TPSA) is 102 Å². The van der Waals surface area contributed by atoms with Gasteiger partial charge in [-0.15, -0.1) is 10.2 Å². The maximum atomic E-state index is 12.7. The van der Waals surface area contributed by atoms with E-state index < -0.39 is 17.6 Å². The number of carbonyl (C=O) groups is 1. The molecule has 3 aromatic heterocycles. The van der Waals surface area contributed by atoms with E-state index in [9.17, 15) is 14.7 Å². The summed E-state index contributed by atoms with van der Waals surface area (Å²) in [5.74, 6) is -1.10. The maximum absolute atomic E-state index is 12.7. The third-order valence-corrected chi connectivity index (χ3v) is 4.97. The van der Waals surface area contributed by atoms with Crippen LogP contribution in [0.3, 0.4) is 0 Å². The normalized spacial score (nSPS) is 12.5. The number of hydrogen-bond donors (Lipinski definition) is 1. The maximum Gasteiger partial charge on any atom is 0.326 e. The van der Waals surface area contributed by atoms with Gasteiger partial charge in [-0.25, -0.2) is 9.31 Å². The Balaban J connectivity index is 2.01. The van der Waals surface area contributed by atoms with E-state index in [1.807, 2.05) is 19.1 Å². The van der Waals surface area contributed by atoms with Crippen molar-refractivity contribution in [3.05, 3.63) is 57.6 Å². The monoisotopic (exact) mass is 397 g/mol. The molecule has 0 aliphatic carbocycles. The Morgan fingerprint density at radius 2 is 1.93 bits per heavy atom. The van der Waals surface area contributed by atoms with Gasteiger partial charge in [0.2, 0.25) is 0 Å². The average Bonchev–Trinajstić information content (AvgIpc) is 3.07. The Labute approximate surface area is 164 Å². The van der Waals surface area contributed by atoms with Crippen LogP contribution >= 0.6 is 11.6 Å². The minimum absolute atomic E-state index is 0.0657. The van der Waals surface area contributed by atoms with Gasteiger partial charge in [0.1, 0.15) is 11.6 Å². The molecule has 142 valence electrons. The number of carboxylic acid groups (broad SMARTS) is 1. The van der Waals surface area contributed by atoms with E-state index in [0.717, 1.165) is 21.4 Å². The van der Waals surface area contributed by atoms with Crippen molar-refractivity contribution >= 4 is 34.3 Å². The third-order valence-electron chi connectivity index (χ3n) is 4.72. The van der Waals surface area contributed by atoms with E-state index in [1.54, 1.807) is 22.7 Å². The molecule has 0 saturated carbocycles. The lowest BCUT2D eigenvalue weighted by Crippen LogP contribution is -2.28. The Hall–Kier alpha value is -3.26. The molecule has 1 N–H and O–H groups in total. The number of rotatable bonds is 4. The van der Waals surface area contributed by atoms with Crippen LogP contribution in [-0.2, 0) is 11.2 Å². The lowest BCUT2D eigenvalue weighted by molar-refractivity contribution is -0.140. The zero-order valence-electron chi connectivity index (χ0n) is 15.1. The van der Waals surface area contributed by atoms with Gasteiger partial charge >= 0.3 is 5.97 Å². The van der Waals surface area contributed by atoms with Gasteiger partial charge in [0, 0.05) is 11.2 Å². The number of nitrogens with zero attached hydrogens (tertiary/aromatic N) is 5. The summed E-state index contributed by atoms with van der Waals surface area (Å²) in [5.41, 5.74) is 3.08. The van der Waals surface area contributed by atoms with Crippen molar-refractivity contribution in [3.8, 4) is 11.1 Å². The second kappa shape index (κ2) is 6.72. The number of carboxylic acids is 1. The summed E-state index contributed by atoms with van der Waals surface area (Å²) < 4.78 is 2.71. The van der Waals surface area contributed by atoms with Gasteiger partial charge in [-0.2, -0.15) is 5.10 Å². The first-order valence-electron chi connectivity index (χ1n) is 8.70. The first kappa shape index (κ1) is 18.1. The van der Waals surface area contributed by atoms with Gasteiger partial charge in [-0.05, 0) is 37.1 Å². The summed E-state index contributed by atoms with van der Waals surface area (Å²) in [6.07, 6.45) is 2.11. The molecule has 0 radical (unpaired) electrons. The minimum atomic E-state index is -1.10. The zero-order chi connectivity index (χ0) is 20.0. The Morgan fingerprint density at radius 3 is 2.57 bits per heavy atom. The highest BCUT2D eigenvalue weighted by atomic mass is 35.5. The van der Waals surface area contributed by atoms with Crippen molar-refractivity contribution in [2.75, 3.05) is 0 Å². The van der Waals surface area contributed by atoms with Crippen molar-refractivity contribution in [1.29, 1.82) is 0 Å². The summed E-state index contributed by atoms with van der Waals surface area (Å²) >= 11 is 6.00. The molecule has 0 fully saturated rings. The molecule has 4 rings (SSSR count). The fourth-order valence-electron chi connectivity index (χ4n) is 3.19. The molecule has 0 aliphatic heterocycles. The van der Waals surface area contributed by atoms with Crippen LogP contribution < -0.4 is 5.56 Å². The van der Waals surface area contributed by atoms with Crippen molar-refractivity contribution in [2.45, 2.75) is 26.3 Å². The summed E-state index contributed by atoms with van der Waals surface area (Å²) in [4.78, 5) is 24.0. The molecular formula is C19H16ClN5O3. The molecule has 1 aromatic carbocycles. The molecule has 9 heteroatoms. The van der Waals surface area contributed by atoms with Crippen LogP contribution in [0.2, 0.25) is 5.02 Å². The molecular weight excluding hydrogens is 382 g/mol. The fraction of sp³-hybridized carbons (Fsp3) is 0.211. The second-order valence-corrected chi connectivity index (χ2v) is 6.83. The predicted molar refractivity (Wildman–Crippen MR) is 105 cm³/mol. The molecule has 0 unspecified atom stereocenters. The van der Waals surface area contributed by atoms with Crippen molar-refractivity contribution in [1.82, 2.24) is 24.4 Å². The number of aromatic nitrogens is 5. The summed E-state index contributed by atoms with van der Waals surface area (Å²) in [7, 11) is 0. The number of fused-ring (bicyclic) bond motifs is 3. The number of hydrogen-bond acceptors (Lipinski definition) is 5. The van der Waals surface area contributed by atoms with Crippen LogP contribution in [0.4, 0.5) is 0 Å². The van der Waals surface area contributed by atoms with Crippen molar-refractivity contribution < 1.29 is 9.90 Å². The molecule has 0 amide bonds. The Bertz CT molecular complexity index is 1280. The van der Waals surface area contributed by atoms with Crippen LogP contribution in [0.5, 0.6) is 0 Å². The van der Waals surface area contributed by atoms with Crippen LogP contribution in [0.25, 0.3) is 27.8 Å². The number of benzene rings is 1. The predicted octanol–water partition coefficient (Wildman–Crippen LogP) is 2.97. The highest BCUT2D eigenvalue weighted by Crippen LogP contribution is 2.29. The first-order chi connectivity index (χ1) is 13.4. The van der Waals surface area contributed by atoms with Gasteiger partial charge in [-0.1, -0.05) is 30.7 Å². The van der Waals surface area contributed by atoms with E-state index in [2.05, 4.69) is 15.3 Å². The van der Waals surface area contributed by atoms with Crippen molar-refractivity contribution in [2.24, 2.45) is 0 Å². The third kappa shape index (κ3) is 2.73. The average molecular weight is 398 g/mol. The summed E-state index contributed by atoms with van der Waals surface area (Å²) in [5, 5.41) is 22.8. The van der Waals surface area contributed by atoms with E-state index in [1.165, 1.54) is 13.1 Å². The van der Waals surface area contributed by atoms with Crippen LogP contribution in [0, 0.1) is 0 Å². The zero-order valence-corrected chi connectivity index (χ0v) is 15.9. The second-order valence-electron chi connectivity index (χ2n) is 6.39. The van der Waals surface area contributed by atoms with Gasteiger partial charge in [-0.3, -0.25) is 9.36 Å². The van der Waals surface area contributed by atoms with E-state index in [4.69, 9.17) is 11.6 Å².